The van der Waals surface area contributed by atoms with E-state index in [2.05, 4.69) is 20.8 Å². The predicted molar refractivity (Wildman–Crippen MR) is 84.9 cm³/mol. The lowest BCUT2D eigenvalue weighted by atomic mass is 9.68. The van der Waals surface area contributed by atoms with Crippen molar-refractivity contribution in [2.45, 2.75) is 65.5 Å². The molecule has 21 heavy (non-hydrogen) atoms. The average molecular weight is 293 g/mol. The molecule has 1 aliphatic rings. The molecule has 3 heteroatoms. The first kappa shape index (κ1) is 16.3. The smallest absolute Gasteiger partial charge is 0.126 e. The number of hydrogen-bond donors (Lipinski definition) is 1. The van der Waals surface area contributed by atoms with Gasteiger partial charge in [-0.3, -0.25) is 0 Å². The largest absolute Gasteiger partial charge is 0.488 e. The van der Waals surface area contributed by atoms with Gasteiger partial charge >= 0.3 is 0 Å². The highest BCUT2D eigenvalue weighted by atomic mass is 19.1. The summed E-state index contributed by atoms with van der Waals surface area (Å²) >= 11 is 0. The Morgan fingerprint density at radius 3 is 2.71 bits per heavy atom. The van der Waals surface area contributed by atoms with Gasteiger partial charge in [0, 0.05) is 12.1 Å². The van der Waals surface area contributed by atoms with Gasteiger partial charge in [-0.25, -0.2) is 4.39 Å². The van der Waals surface area contributed by atoms with Gasteiger partial charge in [0.2, 0.25) is 0 Å². The Morgan fingerprint density at radius 2 is 2.05 bits per heavy atom. The van der Waals surface area contributed by atoms with E-state index in [1.807, 2.05) is 6.92 Å². The predicted octanol–water partition coefficient (Wildman–Crippen LogP) is 4.45. The molecule has 0 saturated heterocycles. The van der Waals surface area contributed by atoms with Crippen LogP contribution in [0.15, 0.2) is 18.2 Å². The van der Waals surface area contributed by atoms with Gasteiger partial charge in [0.25, 0.3) is 0 Å². The fourth-order valence-corrected chi connectivity index (χ4v) is 3.15. The number of benzene rings is 1. The Hall–Kier alpha value is -1.09. The number of aryl methyl sites for hydroxylation is 1. The number of ether oxygens (including phenoxy) is 1. The summed E-state index contributed by atoms with van der Waals surface area (Å²) in [6, 6.07) is 4.73. The van der Waals surface area contributed by atoms with Crippen molar-refractivity contribution in [3.05, 3.63) is 29.6 Å². The van der Waals surface area contributed by atoms with Gasteiger partial charge in [-0.2, -0.15) is 0 Å². The molecule has 0 aliphatic heterocycles. The van der Waals surface area contributed by atoms with Crippen molar-refractivity contribution in [3.63, 3.8) is 0 Å². The molecule has 2 nitrogen and oxygen atoms in total. The SMILES string of the molecule is CCC(C)(C)C1CCC(N)C(Oc2cc(F)ccc2C)C1. The molecule has 0 amide bonds. The highest BCUT2D eigenvalue weighted by molar-refractivity contribution is 5.33. The van der Waals surface area contributed by atoms with E-state index < -0.39 is 0 Å². The molecular formula is C18H28FNO. The first-order valence-corrected chi connectivity index (χ1v) is 8.02. The third-order valence-electron chi connectivity index (χ3n) is 5.29. The van der Waals surface area contributed by atoms with E-state index >= 15 is 0 Å². The van der Waals surface area contributed by atoms with Crippen molar-refractivity contribution in [1.29, 1.82) is 0 Å². The van der Waals surface area contributed by atoms with E-state index in [0.29, 0.717) is 17.1 Å². The summed E-state index contributed by atoms with van der Waals surface area (Å²) in [5.74, 6) is 0.983. The minimum atomic E-state index is -0.259. The van der Waals surface area contributed by atoms with E-state index in [4.69, 9.17) is 10.5 Å². The molecule has 2 rings (SSSR count). The Balaban J connectivity index is 2.12. The molecule has 0 radical (unpaired) electrons. The van der Waals surface area contributed by atoms with Crippen LogP contribution in [0.5, 0.6) is 5.75 Å². The summed E-state index contributed by atoms with van der Waals surface area (Å²) in [5, 5.41) is 0. The molecule has 2 N–H and O–H groups in total. The van der Waals surface area contributed by atoms with Gasteiger partial charge < -0.3 is 10.5 Å². The summed E-state index contributed by atoms with van der Waals surface area (Å²) in [6.07, 6.45) is 4.23. The standard InChI is InChI=1S/C18H28FNO/c1-5-18(3,4)13-7-9-15(20)17(10-13)21-16-11-14(19)8-6-12(16)2/h6,8,11,13,15,17H,5,7,9-10,20H2,1-4H3. The number of nitrogens with two attached hydrogens (primary N) is 1. The summed E-state index contributed by atoms with van der Waals surface area (Å²) in [6.45, 7) is 8.82. The van der Waals surface area contributed by atoms with Crippen molar-refractivity contribution in [2.24, 2.45) is 17.1 Å². The zero-order valence-corrected chi connectivity index (χ0v) is 13.7. The lowest BCUT2D eigenvalue weighted by Gasteiger charge is -2.42. The molecule has 118 valence electrons. The lowest BCUT2D eigenvalue weighted by Crippen LogP contribution is -2.46. The van der Waals surface area contributed by atoms with E-state index in [9.17, 15) is 4.39 Å². The van der Waals surface area contributed by atoms with Crippen molar-refractivity contribution in [3.8, 4) is 5.75 Å². The topological polar surface area (TPSA) is 35.2 Å². The van der Waals surface area contributed by atoms with Gasteiger partial charge in [0.15, 0.2) is 0 Å². The fraction of sp³-hybridized carbons (Fsp3) is 0.667. The minimum absolute atomic E-state index is 0.0184. The van der Waals surface area contributed by atoms with E-state index in [0.717, 1.165) is 31.2 Å². The van der Waals surface area contributed by atoms with Crippen LogP contribution >= 0.6 is 0 Å². The highest BCUT2D eigenvalue weighted by Crippen LogP contribution is 2.41. The zero-order chi connectivity index (χ0) is 15.6. The molecule has 1 aromatic carbocycles. The summed E-state index contributed by atoms with van der Waals surface area (Å²) in [5.41, 5.74) is 7.51. The molecule has 1 fully saturated rings. The second kappa shape index (κ2) is 6.35. The van der Waals surface area contributed by atoms with Gasteiger partial charge in [-0.1, -0.05) is 33.3 Å². The summed E-state index contributed by atoms with van der Waals surface area (Å²) < 4.78 is 19.5. The summed E-state index contributed by atoms with van der Waals surface area (Å²) in [7, 11) is 0. The van der Waals surface area contributed by atoms with Crippen LogP contribution in [0.3, 0.4) is 0 Å². The maximum Gasteiger partial charge on any atom is 0.126 e. The first-order chi connectivity index (χ1) is 9.83. The van der Waals surface area contributed by atoms with Crippen LogP contribution < -0.4 is 10.5 Å². The maximum atomic E-state index is 13.4. The van der Waals surface area contributed by atoms with Crippen LogP contribution in [0.1, 0.15) is 52.0 Å². The van der Waals surface area contributed by atoms with Crippen molar-refractivity contribution in [2.75, 3.05) is 0 Å². The second-order valence-electron chi connectivity index (χ2n) is 7.08. The molecular weight excluding hydrogens is 265 g/mol. The lowest BCUT2D eigenvalue weighted by molar-refractivity contribution is 0.0496. The number of rotatable bonds is 4. The second-order valence-corrected chi connectivity index (χ2v) is 7.08. The Morgan fingerprint density at radius 1 is 1.33 bits per heavy atom. The van der Waals surface area contributed by atoms with Crippen LogP contribution in [0, 0.1) is 24.1 Å². The Labute approximate surface area is 127 Å². The third-order valence-corrected chi connectivity index (χ3v) is 5.29. The molecule has 1 aromatic rings. The molecule has 0 bridgehead atoms. The van der Waals surface area contributed by atoms with Crippen LogP contribution in [-0.4, -0.2) is 12.1 Å². The zero-order valence-electron chi connectivity index (χ0n) is 13.7. The molecule has 0 heterocycles. The van der Waals surface area contributed by atoms with Crippen LogP contribution in [-0.2, 0) is 0 Å². The molecule has 3 atom stereocenters. The molecule has 1 aliphatic carbocycles. The van der Waals surface area contributed by atoms with Crippen LogP contribution in [0.25, 0.3) is 0 Å². The van der Waals surface area contributed by atoms with E-state index in [1.54, 1.807) is 6.07 Å². The van der Waals surface area contributed by atoms with Gasteiger partial charge in [0.1, 0.15) is 17.7 Å². The quantitative estimate of drug-likeness (QED) is 0.890. The van der Waals surface area contributed by atoms with Gasteiger partial charge in [-0.05, 0) is 49.1 Å². The highest BCUT2D eigenvalue weighted by Gasteiger charge is 2.37. The fourth-order valence-electron chi connectivity index (χ4n) is 3.15. The summed E-state index contributed by atoms with van der Waals surface area (Å²) in [4.78, 5) is 0. The van der Waals surface area contributed by atoms with Crippen molar-refractivity contribution < 1.29 is 9.13 Å². The van der Waals surface area contributed by atoms with E-state index in [1.165, 1.54) is 12.1 Å². The number of halogens is 1. The Bertz CT molecular complexity index is 486. The molecule has 0 spiro atoms. The van der Waals surface area contributed by atoms with Gasteiger partial charge in [-0.15, -0.1) is 0 Å². The third kappa shape index (κ3) is 3.76. The van der Waals surface area contributed by atoms with Crippen LogP contribution in [0.4, 0.5) is 4.39 Å². The molecule has 0 aromatic heterocycles. The van der Waals surface area contributed by atoms with Crippen molar-refractivity contribution >= 4 is 0 Å². The number of hydrogen-bond acceptors (Lipinski definition) is 2. The minimum Gasteiger partial charge on any atom is -0.488 e. The average Bonchev–Trinajstić information content (AvgIpc) is 2.45. The van der Waals surface area contributed by atoms with Crippen LogP contribution in [0.2, 0.25) is 0 Å². The normalized spacial score (nSPS) is 26.7. The Kier molecular flexibility index (Phi) is 4.92. The van der Waals surface area contributed by atoms with Gasteiger partial charge in [0.05, 0.1) is 0 Å². The monoisotopic (exact) mass is 293 g/mol. The first-order valence-electron chi connectivity index (χ1n) is 8.02. The van der Waals surface area contributed by atoms with E-state index in [-0.39, 0.29) is 18.0 Å². The maximum absolute atomic E-state index is 13.4. The molecule has 1 saturated carbocycles. The van der Waals surface area contributed by atoms with Crippen molar-refractivity contribution in [1.82, 2.24) is 0 Å². The molecule has 3 unspecified atom stereocenters.